The van der Waals surface area contributed by atoms with Crippen molar-refractivity contribution in [2.45, 2.75) is 6.18 Å². The summed E-state index contributed by atoms with van der Waals surface area (Å²) in [5.41, 5.74) is -1.53. The van der Waals surface area contributed by atoms with Crippen molar-refractivity contribution in [1.29, 1.82) is 0 Å². The van der Waals surface area contributed by atoms with Gasteiger partial charge in [-0.2, -0.15) is 22.7 Å². The van der Waals surface area contributed by atoms with Gasteiger partial charge in [0.05, 0.1) is 16.3 Å². The van der Waals surface area contributed by atoms with Crippen LogP contribution in [-0.4, -0.2) is 25.5 Å². The molecule has 29 heavy (non-hydrogen) atoms. The standard InChI is InChI=1S/C17H8F5N5OS/c18-8-3-4-10(9(19)6-8)23-15(28)14-25-16-24-11(12-2-1-5-29-12)7-13(17(20,21)22)27(16)26-14/h1-7H,(H,23,28). The summed E-state index contributed by atoms with van der Waals surface area (Å²) >= 11 is 1.18. The third-order valence-corrected chi connectivity index (χ3v) is 4.65. The molecule has 4 aromatic rings. The number of alkyl halides is 3. The lowest BCUT2D eigenvalue weighted by Crippen LogP contribution is -2.16. The normalized spacial score (nSPS) is 11.8. The number of aromatic nitrogens is 4. The Morgan fingerprint density at radius 3 is 2.55 bits per heavy atom. The van der Waals surface area contributed by atoms with Crippen LogP contribution >= 0.6 is 11.3 Å². The topological polar surface area (TPSA) is 72.2 Å². The largest absolute Gasteiger partial charge is 0.433 e. The Bertz CT molecular complexity index is 1220. The summed E-state index contributed by atoms with van der Waals surface area (Å²) in [7, 11) is 0. The lowest BCUT2D eigenvalue weighted by atomic mass is 10.3. The highest BCUT2D eigenvalue weighted by molar-refractivity contribution is 7.13. The van der Waals surface area contributed by atoms with E-state index < -0.39 is 41.0 Å². The zero-order chi connectivity index (χ0) is 20.8. The highest BCUT2D eigenvalue weighted by Gasteiger charge is 2.36. The first-order valence-electron chi connectivity index (χ1n) is 7.87. The predicted molar refractivity (Wildman–Crippen MR) is 93.4 cm³/mol. The molecule has 0 spiro atoms. The third kappa shape index (κ3) is 3.66. The average molecular weight is 425 g/mol. The van der Waals surface area contributed by atoms with E-state index in [9.17, 15) is 26.7 Å². The number of hydrogen-bond donors (Lipinski definition) is 1. The van der Waals surface area contributed by atoms with Gasteiger partial charge in [-0.3, -0.25) is 4.79 Å². The minimum absolute atomic E-state index is 0.0174. The van der Waals surface area contributed by atoms with Gasteiger partial charge >= 0.3 is 6.18 Å². The first kappa shape index (κ1) is 18.9. The van der Waals surface area contributed by atoms with Gasteiger partial charge < -0.3 is 5.32 Å². The predicted octanol–water partition coefficient (Wildman–Crippen LogP) is 4.40. The van der Waals surface area contributed by atoms with E-state index in [-0.39, 0.29) is 11.4 Å². The molecule has 3 aromatic heterocycles. The van der Waals surface area contributed by atoms with Crippen molar-refractivity contribution in [3.8, 4) is 10.6 Å². The van der Waals surface area contributed by atoms with Crippen LogP contribution in [0.4, 0.5) is 27.6 Å². The van der Waals surface area contributed by atoms with E-state index in [0.717, 1.165) is 18.2 Å². The van der Waals surface area contributed by atoms with Crippen molar-refractivity contribution in [2.24, 2.45) is 0 Å². The zero-order valence-corrected chi connectivity index (χ0v) is 14.9. The van der Waals surface area contributed by atoms with E-state index in [4.69, 9.17) is 0 Å². The molecular weight excluding hydrogens is 417 g/mol. The van der Waals surface area contributed by atoms with E-state index in [1.165, 1.54) is 11.3 Å². The van der Waals surface area contributed by atoms with Crippen LogP contribution in [0.1, 0.15) is 16.3 Å². The Morgan fingerprint density at radius 2 is 1.90 bits per heavy atom. The number of thiophene rings is 1. The molecule has 1 N–H and O–H groups in total. The molecule has 0 fully saturated rings. The molecule has 0 aliphatic carbocycles. The average Bonchev–Trinajstić information content (AvgIpc) is 3.31. The molecule has 0 aliphatic rings. The number of amides is 1. The van der Waals surface area contributed by atoms with Gasteiger partial charge in [-0.05, 0) is 29.6 Å². The molecule has 12 heteroatoms. The fraction of sp³-hybridized carbons (Fsp3) is 0.0588. The summed E-state index contributed by atoms with van der Waals surface area (Å²) in [5, 5.41) is 7.33. The van der Waals surface area contributed by atoms with Crippen LogP contribution in [0.5, 0.6) is 0 Å². The van der Waals surface area contributed by atoms with Gasteiger partial charge in [-0.15, -0.1) is 16.4 Å². The summed E-state index contributed by atoms with van der Waals surface area (Å²) in [6.07, 6.45) is -4.79. The summed E-state index contributed by atoms with van der Waals surface area (Å²) in [6, 6.07) is 6.46. The van der Waals surface area contributed by atoms with Crippen LogP contribution in [0.25, 0.3) is 16.3 Å². The Balaban J connectivity index is 1.77. The van der Waals surface area contributed by atoms with Crippen molar-refractivity contribution in [3.05, 3.63) is 64.9 Å². The summed E-state index contributed by atoms with van der Waals surface area (Å²) in [4.78, 5) is 20.5. The molecule has 0 unspecified atom stereocenters. The molecule has 1 aromatic carbocycles. The maximum atomic E-state index is 13.7. The van der Waals surface area contributed by atoms with E-state index in [2.05, 4.69) is 20.4 Å². The highest BCUT2D eigenvalue weighted by Crippen LogP contribution is 2.33. The lowest BCUT2D eigenvalue weighted by Gasteiger charge is -2.09. The minimum atomic E-state index is -4.79. The molecule has 148 valence electrons. The van der Waals surface area contributed by atoms with E-state index >= 15 is 0 Å². The Kier molecular flexibility index (Phi) is 4.49. The SMILES string of the molecule is O=C(Nc1ccc(F)cc1F)c1nc2nc(-c3cccs3)cc(C(F)(F)F)n2n1. The van der Waals surface area contributed by atoms with Crippen molar-refractivity contribution < 1.29 is 26.7 Å². The number of halogens is 5. The summed E-state index contributed by atoms with van der Waals surface area (Å²) in [6.45, 7) is 0. The van der Waals surface area contributed by atoms with Gasteiger partial charge in [0.15, 0.2) is 5.69 Å². The van der Waals surface area contributed by atoms with Gasteiger partial charge in [0, 0.05) is 6.07 Å². The zero-order valence-electron chi connectivity index (χ0n) is 14.0. The maximum absolute atomic E-state index is 13.7. The number of nitrogens with one attached hydrogen (secondary N) is 1. The summed E-state index contributed by atoms with van der Waals surface area (Å²) in [5.74, 6) is -4.10. The third-order valence-electron chi connectivity index (χ3n) is 3.76. The van der Waals surface area contributed by atoms with Crippen LogP contribution in [-0.2, 0) is 6.18 Å². The molecule has 1 amide bonds. The van der Waals surface area contributed by atoms with Gasteiger partial charge in [0.1, 0.15) is 11.6 Å². The molecule has 0 bridgehead atoms. The van der Waals surface area contributed by atoms with Gasteiger partial charge in [0.25, 0.3) is 11.7 Å². The molecule has 0 atom stereocenters. The second kappa shape index (κ2) is 6.88. The number of benzene rings is 1. The highest BCUT2D eigenvalue weighted by atomic mass is 32.1. The lowest BCUT2D eigenvalue weighted by molar-refractivity contribution is -0.142. The molecule has 0 saturated carbocycles. The number of fused-ring (bicyclic) bond motifs is 1. The molecule has 4 rings (SSSR count). The Labute approximate surface area is 162 Å². The first-order chi connectivity index (χ1) is 13.7. The number of rotatable bonds is 3. The smallest absolute Gasteiger partial charge is 0.317 e. The number of nitrogens with zero attached hydrogens (tertiary/aromatic N) is 4. The molecule has 0 aliphatic heterocycles. The van der Waals surface area contributed by atoms with Crippen LogP contribution in [0, 0.1) is 11.6 Å². The minimum Gasteiger partial charge on any atom is -0.317 e. The fourth-order valence-electron chi connectivity index (χ4n) is 2.49. The van der Waals surface area contributed by atoms with Crippen molar-refractivity contribution >= 4 is 28.7 Å². The Hall–Kier alpha value is -3.41. The van der Waals surface area contributed by atoms with E-state index in [1.807, 2.05) is 0 Å². The van der Waals surface area contributed by atoms with Gasteiger partial charge in [-0.1, -0.05) is 6.07 Å². The second-order valence-corrected chi connectivity index (χ2v) is 6.67. The summed E-state index contributed by atoms with van der Waals surface area (Å²) < 4.78 is 67.5. The molecule has 6 nitrogen and oxygen atoms in total. The van der Waals surface area contributed by atoms with Gasteiger partial charge in [0.2, 0.25) is 5.82 Å². The monoisotopic (exact) mass is 425 g/mol. The molecular formula is C17H8F5N5OS. The number of carbonyl (C=O) groups excluding carboxylic acids is 1. The number of hydrogen-bond acceptors (Lipinski definition) is 5. The number of carbonyl (C=O) groups is 1. The van der Waals surface area contributed by atoms with Gasteiger partial charge in [-0.25, -0.2) is 13.8 Å². The Morgan fingerprint density at radius 1 is 1.10 bits per heavy atom. The van der Waals surface area contributed by atoms with Crippen LogP contribution in [0.2, 0.25) is 0 Å². The first-order valence-corrected chi connectivity index (χ1v) is 8.75. The maximum Gasteiger partial charge on any atom is 0.433 e. The van der Waals surface area contributed by atoms with Crippen molar-refractivity contribution in [1.82, 2.24) is 19.6 Å². The second-order valence-electron chi connectivity index (χ2n) is 5.73. The molecule has 0 radical (unpaired) electrons. The van der Waals surface area contributed by atoms with E-state index in [0.29, 0.717) is 15.5 Å². The molecule has 0 saturated heterocycles. The van der Waals surface area contributed by atoms with Crippen molar-refractivity contribution in [3.63, 3.8) is 0 Å². The quantitative estimate of drug-likeness (QED) is 0.494. The van der Waals surface area contributed by atoms with Crippen LogP contribution in [0.3, 0.4) is 0 Å². The van der Waals surface area contributed by atoms with E-state index in [1.54, 1.807) is 17.5 Å². The van der Waals surface area contributed by atoms with Crippen LogP contribution < -0.4 is 5.32 Å². The van der Waals surface area contributed by atoms with Crippen LogP contribution in [0.15, 0.2) is 41.8 Å². The fourth-order valence-corrected chi connectivity index (χ4v) is 3.17. The number of anilines is 1. The van der Waals surface area contributed by atoms with Crippen molar-refractivity contribution in [2.75, 3.05) is 5.32 Å². The molecule has 3 heterocycles.